The molecule has 0 fully saturated rings. The number of para-hydroxylation sites is 2. The molecule has 0 unspecified atom stereocenters. The van der Waals surface area contributed by atoms with E-state index in [4.69, 9.17) is 0 Å². The number of pyridine rings is 1. The molecule has 1 aromatic heterocycles. The molecular formula is C19H16BrN3O. The average Bonchev–Trinajstić information content (AvgIpc) is 2.64. The number of aromatic nitrogens is 1. The van der Waals surface area contributed by atoms with Gasteiger partial charge in [-0.05, 0) is 52.3 Å². The number of halogens is 1. The van der Waals surface area contributed by atoms with Gasteiger partial charge in [0.05, 0.1) is 11.3 Å². The van der Waals surface area contributed by atoms with Gasteiger partial charge in [-0.1, -0.05) is 30.3 Å². The standard InChI is InChI=1S/C19H16BrN3O/c1-23(15-7-3-2-4-8-15)19(24)14-11-12-18(21-13-14)22-17-10-6-5-9-16(17)20/h2-13H,1H3,(H,21,22). The molecule has 1 amide bonds. The van der Waals surface area contributed by atoms with Crippen LogP contribution in [0.15, 0.2) is 77.4 Å². The number of nitrogens with zero attached hydrogens (tertiary/aromatic N) is 2. The predicted molar refractivity (Wildman–Crippen MR) is 101 cm³/mol. The van der Waals surface area contributed by atoms with Crippen molar-refractivity contribution >= 4 is 39.0 Å². The molecule has 0 aliphatic heterocycles. The Morgan fingerprint density at radius 3 is 2.38 bits per heavy atom. The topological polar surface area (TPSA) is 45.2 Å². The van der Waals surface area contributed by atoms with Crippen LogP contribution < -0.4 is 10.2 Å². The fourth-order valence-electron chi connectivity index (χ4n) is 2.26. The molecule has 0 saturated heterocycles. The average molecular weight is 382 g/mol. The minimum absolute atomic E-state index is 0.0962. The highest BCUT2D eigenvalue weighted by Crippen LogP contribution is 2.24. The monoisotopic (exact) mass is 381 g/mol. The molecule has 0 atom stereocenters. The number of benzene rings is 2. The molecule has 3 aromatic rings. The van der Waals surface area contributed by atoms with Gasteiger partial charge >= 0.3 is 0 Å². The molecule has 3 rings (SSSR count). The molecule has 5 heteroatoms. The van der Waals surface area contributed by atoms with Gasteiger partial charge in [-0.25, -0.2) is 4.98 Å². The van der Waals surface area contributed by atoms with Crippen molar-refractivity contribution < 1.29 is 4.79 Å². The van der Waals surface area contributed by atoms with E-state index >= 15 is 0 Å². The Morgan fingerprint density at radius 1 is 1.00 bits per heavy atom. The SMILES string of the molecule is CN(C(=O)c1ccc(Nc2ccccc2Br)nc1)c1ccccc1. The number of hydrogen-bond donors (Lipinski definition) is 1. The Morgan fingerprint density at radius 2 is 1.71 bits per heavy atom. The van der Waals surface area contributed by atoms with E-state index in [1.807, 2.05) is 54.6 Å². The molecule has 1 N–H and O–H groups in total. The van der Waals surface area contributed by atoms with Gasteiger partial charge in [-0.2, -0.15) is 0 Å². The zero-order valence-electron chi connectivity index (χ0n) is 13.1. The van der Waals surface area contributed by atoms with Crippen molar-refractivity contribution in [3.8, 4) is 0 Å². The van der Waals surface area contributed by atoms with Crippen molar-refractivity contribution in [1.82, 2.24) is 4.98 Å². The molecule has 2 aromatic carbocycles. The molecule has 120 valence electrons. The van der Waals surface area contributed by atoms with Crippen LogP contribution >= 0.6 is 15.9 Å². The second-order valence-electron chi connectivity index (χ2n) is 5.24. The van der Waals surface area contributed by atoms with Crippen LogP contribution in [0, 0.1) is 0 Å². The smallest absolute Gasteiger partial charge is 0.259 e. The number of hydrogen-bond acceptors (Lipinski definition) is 3. The van der Waals surface area contributed by atoms with E-state index in [9.17, 15) is 4.79 Å². The number of carbonyl (C=O) groups excluding carboxylic acids is 1. The maximum Gasteiger partial charge on any atom is 0.259 e. The van der Waals surface area contributed by atoms with E-state index in [0.29, 0.717) is 11.4 Å². The molecule has 0 saturated carbocycles. The summed E-state index contributed by atoms with van der Waals surface area (Å²) >= 11 is 3.49. The number of nitrogens with one attached hydrogen (secondary N) is 1. The van der Waals surface area contributed by atoms with Crippen LogP contribution in [0.4, 0.5) is 17.2 Å². The summed E-state index contributed by atoms with van der Waals surface area (Å²) in [4.78, 5) is 18.5. The zero-order valence-corrected chi connectivity index (χ0v) is 14.7. The van der Waals surface area contributed by atoms with Crippen molar-refractivity contribution in [2.24, 2.45) is 0 Å². The van der Waals surface area contributed by atoms with Crippen LogP contribution in [0.5, 0.6) is 0 Å². The van der Waals surface area contributed by atoms with Gasteiger partial charge in [0, 0.05) is 23.4 Å². The first-order chi connectivity index (χ1) is 11.6. The van der Waals surface area contributed by atoms with Crippen LogP contribution in [0.1, 0.15) is 10.4 Å². The summed E-state index contributed by atoms with van der Waals surface area (Å²) in [5.74, 6) is 0.585. The fraction of sp³-hybridized carbons (Fsp3) is 0.0526. The first kappa shape index (κ1) is 16.2. The summed E-state index contributed by atoms with van der Waals surface area (Å²) in [6.45, 7) is 0. The largest absolute Gasteiger partial charge is 0.339 e. The predicted octanol–water partition coefficient (Wildman–Crippen LogP) is 4.86. The highest BCUT2D eigenvalue weighted by molar-refractivity contribution is 9.10. The second kappa shape index (κ2) is 7.27. The number of rotatable bonds is 4. The molecule has 0 radical (unpaired) electrons. The summed E-state index contributed by atoms with van der Waals surface area (Å²) in [5.41, 5.74) is 2.31. The number of carbonyl (C=O) groups is 1. The van der Waals surface area contributed by atoms with E-state index in [0.717, 1.165) is 15.8 Å². The van der Waals surface area contributed by atoms with Crippen molar-refractivity contribution in [3.63, 3.8) is 0 Å². The normalized spacial score (nSPS) is 10.2. The van der Waals surface area contributed by atoms with E-state index in [2.05, 4.69) is 26.2 Å². The van der Waals surface area contributed by atoms with E-state index in [-0.39, 0.29) is 5.91 Å². The Labute approximate surface area is 149 Å². The summed E-state index contributed by atoms with van der Waals surface area (Å²) in [5, 5.41) is 3.22. The Hall–Kier alpha value is -2.66. The van der Waals surface area contributed by atoms with E-state index in [1.54, 1.807) is 30.3 Å². The van der Waals surface area contributed by atoms with Gasteiger partial charge in [0.25, 0.3) is 5.91 Å². The van der Waals surface area contributed by atoms with Crippen LogP contribution in [0.2, 0.25) is 0 Å². The van der Waals surface area contributed by atoms with Crippen molar-refractivity contribution in [2.45, 2.75) is 0 Å². The summed E-state index contributed by atoms with van der Waals surface area (Å²) in [6.07, 6.45) is 1.58. The van der Waals surface area contributed by atoms with Gasteiger partial charge in [0.1, 0.15) is 5.82 Å². The van der Waals surface area contributed by atoms with Gasteiger partial charge in [0.2, 0.25) is 0 Å². The van der Waals surface area contributed by atoms with Gasteiger partial charge in [0.15, 0.2) is 0 Å². The lowest BCUT2D eigenvalue weighted by atomic mass is 10.2. The molecule has 0 spiro atoms. The molecule has 1 heterocycles. The minimum Gasteiger partial charge on any atom is -0.339 e. The van der Waals surface area contributed by atoms with Crippen LogP contribution in [-0.4, -0.2) is 17.9 Å². The van der Waals surface area contributed by atoms with Crippen molar-refractivity contribution in [2.75, 3.05) is 17.3 Å². The van der Waals surface area contributed by atoms with Gasteiger partial charge in [-0.3, -0.25) is 4.79 Å². The number of amides is 1. The second-order valence-corrected chi connectivity index (χ2v) is 6.09. The fourth-order valence-corrected chi connectivity index (χ4v) is 2.64. The van der Waals surface area contributed by atoms with Gasteiger partial charge in [-0.15, -0.1) is 0 Å². The van der Waals surface area contributed by atoms with Crippen molar-refractivity contribution in [1.29, 1.82) is 0 Å². The van der Waals surface area contributed by atoms with Crippen LogP contribution in [-0.2, 0) is 0 Å². The Kier molecular flexibility index (Phi) is 4.91. The number of anilines is 3. The third kappa shape index (κ3) is 3.63. The molecule has 0 aliphatic carbocycles. The lowest BCUT2D eigenvalue weighted by Gasteiger charge is -2.17. The first-order valence-corrected chi connectivity index (χ1v) is 8.25. The highest BCUT2D eigenvalue weighted by Gasteiger charge is 2.13. The summed E-state index contributed by atoms with van der Waals surface area (Å²) in [6, 6.07) is 20.9. The highest BCUT2D eigenvalue weighted by atomic mass is 79.9. The third-order valence-electron chi connectivity index (χ3n) is 3.60. The summed E-state index contributed by atoms with van der Waals surface area (Å²) in [7, 11) is 1.75. The maximum atomic E-state index is 12.5. The Bertz CT molecular complexity index is 835. The van der Waals surface area contributed by atoms with Crippen LogP contribution in [0.3, 0.4) is 0 Å². The summed E-state index contributed by atoms with van der Waals surface area (Å²) < 4.78 is 0.954. The quantitative estimate of drug-likeness (QED) is 0.701. The molecule has 0 bridgehead atoms. The lowest BCUT2D eigenvalue weighted by Crippen LogP contribution is -2.26. The molecular weight excluding hydrogens is 366 g/mol. The van der Waals surface area contributed by atoms with E-state index in [1.165, 1.54) is 0 Å². The molecule has 4 nitrogen and oxygen atoms in total. The maximum absolute atomic E-state index is 12.5. The van der Waals surface area contributed by atoms with E-state index < -0.39 is 0 Å². The first-order valence-electron chi connectivity index (χ1n) is 7.46. The zero-order chi connectivity index (χ0) is 16.9. The van der Waals surface area contributed by atoms with Crippen LogP contribution in [0.25, 0.3) is 0 Å². The van der Waals surface area contributed by atoms with Gasteiger partial charge < -0.3 is 10.2 Å². The van der Waals surface area contributed by atoms with Crippen molar-refractivity contribution in [3.05, 3.63) is 83.0 Å². The lowest BCUT2D eigenvalue weighted by molar-refractivity contribution is 0.0992. The third-order valence-corrected chi connectivity index (χ3v) is 4.29. The Balaban J connectivity index is 1.75. The molecule has 0 aliphatic rings. The minimum atomic E-state index is -0.0962. The molecule has 24 heavy (non-hydrogen) atoms.